The van der Waals surface area contributed by atoms with Crippen molar-refractivity contribution in [1.29, 1.82) is 0 Å². The molecule has 2 aliphatic rings. The molecule has 5 nitrogen and oxygen atoms in total. The summed E-state index contributed by atoms with van der Waals surface area (Å²) in [5.41, 5.74) is 1.82. The van der Waals surface area contributed by atoms with Crippen molar-refractivity contribution >= 4 is 23.4 Å². The third-order valence-electron chi connectivity index (χ3n) is 8.33. The number of halogens is 3. The zero-order chi connectivity index (χ0) is 26.5. The molecule has 8 heteroatoms. The Kier molecular flexibility index (Phi) is 6.60. The zero-order valence-corrected chi connectivity index (χ0v) is 21.1. The number of carbonyl (C=O) groups is 2. The minimum atomic E-state index is -4.51. The minimum Gasteiger partial charge on any atom is -0.481 e. The molecule has 2 aliphatic carbocycles. The molecule has 0 spiro atoms. The van der Waals surface area contributed by atoms with Gasteiger partial charge in [-0.15, -0.1) is 0 Å². The zero-order valence-electron chi connectivity index (χ0n) is 21.1. The van der Waals surface area contributed by atoms with Gasteiger partial charge in [-0.25, -0.2) is 4.79 Å². The molecule has 0 radical (unpaired) electrons. The third-order valence-corrected chi connectivity index (χ3v) is 8.33. The number of carboxylic acid groups (broad SMARTS) is 1. The molecule has 2 aromatic carbocycles. The van der Waals surface area contributed by atoms with Crippen molar-refractivity contribution in [2.24, 2.45) is 11.3 Å². The van der Waals surface area contributed by atoms with Crippen molar-refractivity contribution in [1.82, 2.24) is 0 Å². The summed E-state index contributed by atoms with van der Waals surface area (Å²) in [7, 11) is 0. The lowest BCUT2D eigenvalue weighted by Crippen LogP contribution is -2.52. The average molecular weight is 503 g/mol. The molecule has 1 saturated carbocycles. The molecule has 3 atom stereocenters. The van der Waals surface area contributed by atoms with Crippen LogP contribution in [0, 0.1) is 11.3 Å². The summed E-state index contributed by atoms with van der Waals surface area (Å²) < 4.78 is 39.2. The van der Waals surface area contributed by atoms with Crippen LogP contribution in [0.3, 0.4) is 0 Å². The number of fused-ring (bicyclic) bond motifs is 3. The van der Waals surface area contributed by atoms with Crippen LogP contribution in [0.4, 0.5) is 29.3 Å². The number of benzene rings is 2. The molecule has 1 fully saturated rings. The second-order valence-corrected chi connectivity index (χ2v) is 11.0. The van der Waals surface area contributed by atoms with Crippen LogP contribution in [-0.4, -0.2) is 17.1 Å². The number of alkyl halides is 3. The highest BCUT2D eigenvalue weighted by Crippen LogP contribution is 2.58. The van der Waals surface area contributed by atoms with Crippen molar-refractivity contribution in [2.75, 3.05) is 10.6 Å². The van der Waals surface area contributed by atoms with E-state index >= 15 is 0 Å². The van der Waals surface area contributed by atoms with E-state index in [1.165, 1.54) is 17.7 Å². The summed E-state index contributed by atoms with van der Waals surface area (Å²) in [6.07, 6.45) is -0.619. The molecule has 0 saturated heterocycles. The highest BCUT2D eigenvalue weighted by atomic mass is 19.4. The number of aliphatic carboxylic acids is 1. The molecule has 4 rings (SSSR count). The van der Waals surface area contributed by atoms with Crippen molar-refractivity contribution in [3.63, 3.8) is 0 Å². The summed E-state index contributed by atoms with van der Waals surface area (Å²) in [6.45, 7) is 8.03. The van der Waals surface area contributed by atoms with Crippen LogP contribution in [0.25, 0.3) is 0 Å². The van der Waals surface area contributed by atoms with Crippen molar-refractivity contribution in [3.05, 3.63) is 58.7 Å². The van der Waals surface area contributed by atoms with Crippen LogP contribution in [0.2, 0.25) is 0 Å². The third kappa shape index (κ3) is 4.58. The number of hydrogen-bond donors (Lipinski definition) is 3. The second kappa shape index (κ2) is 9.12. The summed E-state index contributed by atoms with van der Waals surface area (Å²) in [4.78, 5) is 25.1. The highest BCUT2D eigenvalue weighted by molar-refractivity contribution is 6.00. The predicted molar refractivity (Wildman–Crippen MR) is 133 cm³/mol. The summed E-state index contributed by atoms with van der Waals surface area (Å²) in [6, 6.07) is 7.95. The Labute approximate surface area is 209 Å². The number of carbonyl (C=O) groups excluding carboxylic acids is 1. The first-order chi connectivity index (χ1) is 16.8. The topological polar surface area (TPSA) is 78.4 Å². The number of urea groups is 1. The smallest absolute Gasteiger partial charge is 0.416 e. The quantitative estimate of drug-likeness (QED) is 0.403. The fourth-order valence-electron chi connectivity index (χ4n) is 6.44. The number of amides is 2. The van der Waals surface area contributed by atoms with Crippen molar-refractivity contribution < 1.29 is 27.9 Å². The number of rotatable bonds is 4. The van der Waals surface area contributed by atoms with Crippen LogP contribution in [-0.2, 0) is 22.8 Å². The Morgan fingerprint density at radius 2 is 1.81 bits per heavy atom. The Morgan fingerprint density at radius 1 is 1.08 bits per heavy atom. The van der Waals surface area contributed by atoms with Gasteiger partial charge in [0.1, 0.15) is 0 Å². The van der Waals surface area contributed by atoms with Crippen LogP contribution >= 0.6 is 0 Å². The Hall–Kier alpha value is -3.03. The second-order valence-electron chi connectivity index (χ2n) is 11.0. The molecular formula is C28H33F3N2O3. The monoisotopic (exact) mass is 502 g/mol. The first-order valence-corrected chi connectivity index (χ1v) is 12.4. The maximum Gasteiger partial charge on any atom is 0.416 e. The lowest BCUT2D eigenvalue weighted by atomic mass is 9.49. The fourth-order valence-corrected chi connectivity index (χ4v) is 6.44. The van der Waals surface area contributed by atoms with E-state index in [0.29, 0.717) is 12.1 Å². The van der Waals surface area contributed by atoms with E-state index in [1.54, 1.807) is 0 Å². The number of hydrogen-bond acceptors (Lipinski definition) is 2. The molecule has 194 valence electrons. The number of carboxylic acids is 1. The predicted octanol–water partition coefficient (Wildman–Crippen LogP) is 7.57. The summed E-state index contributed by atoms with van der Waals surface area (Å²) >= 11 is 0. The van der Waals surface area contributed by atoms with E-state index < -0.39 is 29.2 Å². The van der Waals surface area contributed by atoms with Gasteiger partial charge in [-0.3, -0.25) is 4.79 Å². The minimum absolute atomic E-state index is 0.0274. The van der Waals surface area contributed by atoms with Crippen LogP contribution in [0.1, 0.15) is 81.5 Å². The van der Waals surface area contributed by atoms with Gasteiger partial charge in [0.15, 0.2) is 0 Å². The van der Waals surface area contributed by atoms with E-state index in [2.05, 4.69) is 23.6 Å². The highest BCUT2D eigenvalue weighted by Gasteiger charge is 2.55. The van der Waals surface area contributed by atoms with Gasteiger partial charge in [-0.2, -0.15) is 13.2 Å². The van der Waals surface area contributed by atoms with E-state index in [1.807, 2.05) is 26.8 Å². The van der Waals surface area contributed by atoms with Crippen molar-refractivity contribution in [2.45, 2.75) is 77.3 Å². The van der Waals surface area contributed by atoms with Gasteiger partial charge in [-0.05, 0) is 90.8 Å². The van der Waals surface area contributed by atoms with E-state index in [0.717, 1.165) is 48.9 Å². The average Bonchev–Trinajstić information content (AvgIpc) is 2.78. The number of anilines is 2. The standard InChI is InChI=1S/C28H33F3N2O3/c1-16(2)20-13-17-9-10-23-26(3,11-6-12-27(23,4)24(34)35)21(17)15-22(20)33-25(36)32-19-8-5-7-18(14-19)28(29,30)31/h5,7-8,13-16,23H,6,9-12H2,1-4H3,(H,34,35)(H2,32,33,36)/t23-,26-,27-/m1/s1. The Balaban J connectivity index is 1.67. The van der Waals surface area contributed by atoms with Gasteiger partial charge >= 0.3 is 18.2 Å². The Bertz CT molecular complexity index is 1190. The first kappa shape index (κ1) is 26.0. The normalized spacial score (nSPS) is 25.6. The Morgan fingerprint density at radius 3 is 2.44 bits per heavy atom. The number of aryl methyl sites for hydroxylation is 1. The SMILES string of the molecule is CC(C)c1cc2c(cc1NC(=O)Nc1cccc(C(F)(F)F)c1)[C@@]1(C)CCC[C@@](C)(C(=O)O)[C@@H]1CC2. The van der Waals surface area contributed by atoms with Gasteiger partial charge < -0.3 is 15.7 Å². The molecule has 36 heavy (non-hydrogen) atoms. The molecular weight excluding hydrogens is 469 g/mol. The molecule has 0 heterocycles. The van der Waals surface area contributed by atoms with Gasteiger partial charge in [0.25, 0.3) is 0 Å². The van der Waals surface area contributed by atoms with Gasteiger partial charge in [-0.1, -0.05) is 39.3 Å². The maximum absolute atomic E-state index is 13.1. The fraction of sp³-hybridized carbons (Fsp3) is 0.500. The van der Waals surface area contributed by atoms with Gasteiger partial charge in [0, 0.05) is 11.4 Å². The molecule has 3 N–H and O–H groups in total. The molecule has 2 aromatic rings. The number of nitrogens with one attached hydrogen (secondary N) is 2. The first-order valence-electron chi connectivity index (χ1n) is 12.4. The molecule has 0 aromatic heterocycles. The van der Waals surface area contributed by atoms with Gasteiger partial charge in [0.05, 0.1) is 11.0 Å². The lowest BCUT2D eigenvalue weighted by molar-refractivity contribution is -0.157. The molecule has 0 unspecified atom stereocenters. The van der Waals surface area contributed by atoms with Crippen LogP contribution in [0.15, 0.2) is 36.4 Å². The molecule has 0 bridgehead atoms. The lowest BCUT2D eigenvalue weighted by Gasteiger charge is -2.53. The van der Waals surface area contributed by atoms with E-state index in [-0.39, 0.29) is 22.9 Å². The van der Waals surface area contributed by atoms with E-state index in [4.69, 9.17) is 0 Å². The van der Waals surface area contributed by atoms with Crippen LogP contribution in [0.5, 0.6) is 0 Å². The van der Waals surface area contributed by atoms with Crippen LogP contribution < -0.4 is 10.6 Å². The maximum atomic E-state index is 13.1. The summed E-state index contributed by atoms with van der Waals surface area (Å²) in [5, 5.41) is 15.4. The molecule has 0 aliphatic heterocycles. The van der Waals surface area contributed by atoms with Gasteiger partial charge in [0.2, 0.25) is 0 Å². The molecule has 2 amide bonds. The van der Waals surface area contributed by atoms with E-state index in [9.17, 15) is 27.9 Å². The van der Waals surface area contributed by atoms with Crippen molar-refractivity contribution in [3.8, 4) is 0 Å². The largest absolute Gasteiger partial charge is 0.481 e. The summed E-state index contributed by atoms with van der Waals surface area (Å²) in [5.74, 6) is -0.694.